The van der Waals surface area contributed by atoms with Crippen LogP contribution in [0.1, 0.15) is 24.8 Å². The van der Waals surface area contributed by atoms with E-state index in [-0.39, 0.29) is 5.91 Å². The van der Waals surface area contributed by atoms with E-state index in [1.165, 1.54) is 12.0 Å². The van der Waals surface area contributed by atoms with Gasteiger partial charge in [-0.05, 0) is 43.5 Å². The van der Waals surface area contributed by atoms with Gasteiger partial charge in [-0.1, -0.05) is 12.1 Å². The summed E-state index contributed by atoms with van der Waals surface area (Å²) in [6.07, 6.45) is 3.73. The van der Waals surface area contributed by atoms with Gasteiger partial charge in [-0.3, -0.25) is 4.79 Å². The third kappa shape index (κ3) is 4.56. The quantitative estimate of drug-likeness (QED) is 0.817. The molecule has 19 heavy (non-hydrogen) atoms. The summed E-state index contributed by atoms with van der Waals surface area (Å²) in [5.41, 5.74) is 1.18. The Kier molecular flexibility index (Phi) is 5.21. The fourth-order valence-electron chi connectivity index (χ4n) is 2.40. The Balaban J connectivity index is 1.68. The van der Waals surface area contributed by atoms with E-state index in [0.717, 1.165) is 25.1 Å². The third-order valence-corrected chi connectivity index (χ3v) is 3.46. The van der Waals surface area contributed by atoms with Gasteiger partial charge in [0.1, 0.15) is 5.75 Å². The second kappa shape index (κ2) is 7.14. The van der Waals surface area contributed by atoms with Crippen molar-refractivity contribution in [2.45, 2.75) is 31.7 Å². The van der Waals surface area contributed by atoms with Crippen LogP contribution in [0, 0.1) is 0 Å². The second-order valence-electron chi connectivity index (χ2n) is 4.95. The van der Waals surface area contributed by atoms with Crippen molar-refractivity contribution in [1.82, 2.24) is 10.6 Å². The molecule has 0 radical (unpaired) electrons. The van der Waals surface area contributed by atoms with Gasteiger partial charge in [0.15, 0.2) is 0 Å². The lowest BCUT2D eigenvalue weighted by molar-refractivity contribution is -0.121. The van der Waals surface area contributed by atoms with E-state index in [1.807, 2.05) is 24.3 Å². The zero-order valence-corrected chi connectivity index (χ0v) is 11.4. The molecular weight excluding hydrogens is 240 g/mol. The monoisotopic (exact) mass is 262 g/mol. The summed E-state index contributed by atoms with van der Waals surface area (Å²) in [6.45, 7) is 1.72. The number of nitrogens with one attached hydrogen (secondary N) is 2. The van der Waals surface area contributed by atoms with Crippen LogP contribution in [0.2, 0.25) is 0 Å². The first-order valence-corrected chi connectivity index (χ1v) is 6.91. The molecule has 2 N–H and O–H groups in total. The number of rotatable bonds is 6. The molecule has 1 amide bonds. The highest BCUT2D eigenvalue weighted by Gasteiger charge is 2.17. The van der Waals surface area contributed by atoms with Gasteiger partial charge >= 0.3 is 0 Å². The van der Waals surface area contributed by atoms with Crippen LogP contribution in [0.15, 0.2) is 24.3 Å². The Labute approximate surface area is 114 Å². The Morgan fingerprint density at radius 1 is 1.53 bits per heavy atom. The smallest absolute Gasteiger partial charge is 0.221 e. The highest BCUT2D eigenvalue weighted by Crippen LogP contribution is 2.12. The first-order chi connectivity index (χ1) is 9.28. The number of ether oxygens (including phenoxy) is 1. The number of carbonyl (C=O) groups excluding carboxylic acids is 1. The molecule has 1 unspecified atom stereocenters. The lowest BCUT2D eigenvalue weighted by atomic mass is 10.1. The van der Waals surface area contributed by atoms with Crippen molar-refractivity contribution in [3.8, 4) is 5.75 Å². The number of amides is 1. The SMILES string of the molecule is COc1cccc(CCNC(=O)CC2CCCN2)c1. The summed E-state index contributed by atoms with van der Waals surface area (Å²) >= 11 is 0. The predicted octanol–water partition coefficient (Wildman–Crippen LogP) is 1.50. The molecule has 104 valence electrons. The van der Waals surface area contributed by atoms with Crippen molar-refractivity contribution in [3.63, 3.8) is 0 Å². The summed E-state index contributed by atoms with van der Waals surface area (Å²) in [5.74, 6) is 1.00. The topological polar surface area (TPSA) is 50.4 Å². The van der Waals surface area contributed by atoms with Crippen molar-refractivity contribution < 1.29 is 9.53 Å². The van der Waals surface area contributed by atoms with E-state index in [2.05, 4.69) is 10.6 Å². The second-order valence-corrected chi connectivity index (χ2v) is 4.95. The molecule has 1 aromatic carbocycles. The van der Waals surface area contributed by atoms with Gasteiger partial charge in [0, 0.05) is 19.0 Å². The highest BCUT2D eigenvalue weighted by atomic mass is 16.5. The maximum Gasteiger partial charge on any atom is 0.221 e. The van der Waals surface area contributed by atoms with Gasteiger partial charge < -0.3 is 15.4 Å². The molecule has 0 spiro atoms. The van der Waals surface area contributed by atoms with E-state index in [0.29, 0.717) is 19.0 Å². The average Bonchev–Trinajstić information content (AvgIpc) is 2.92. The molecule has 0 aromatic heterocycles. The number of hydrogen-bond acceptors (Lipinski definition) is 3. The van der Waals surface area contributed by atoms with E-state index in [4.69, 9.17) is 4.74 Å². The Morgan fingerprint density at radius 2 is 2.42 bits per heavy atom. The van der Waals surface area contributed by atoms with Crippen molar-refractivity contribution in [3.05, 3.63) is 29.8 Å². The molecule has 0 aliphatic carbocycles. The molecule has 1 fully saturated rings. The molecule has 4 heteroatoms. The maximum absolute atomic E-state index is 11.7. The molecule has 1 aromatic rings. The van der Waals surface area contributed by atoms with Gasteiger partial charge in [-0.2, -0.15) is 0 Å². The van der Waals surface area contributed by atoms with Crippen LogP contribution in [0.3, 0.4) is 0 Å². The molecule has 1 aliphatic rings. The maximum atomic E-state index is 11.7. The van der Waals surface area contributed by atoms with E-state index >= 15 is 0 Å². The average molecular weight is 262 g/mol. The van der Waals surface area contributed by atoms with E-state index in [9.17, 15) is 4.79 Å². The summed E-state index contributed by atoms with van der Waals surface area (Å²) in [5, 5.41) is 6.31. The lowest BCUT2D eigenvalue weighted by Crippen LogP contribution is -2.32. The zero-order valence-electron chi connectivity index (χ0n) is 11.4. The van der Waals surface area contributed by atoms with Crippen LogP contribution < -0.4 is 15.4 Å². The number of carbonyl (C=O) groups is 1. The molecular formula is C15H22N2O2. The summed E-state index contributed by atoms with van der Waals surface area (Å²) in [6, 6.07) is 8.32. The molecule has 1 saturated heterocycles. The Morgan fingerprint density at radius 3 is 3.16 bits per heavy atom. The largest absolute Gasteiger partial charge is 0.497 e. The molecule has 1 atom stereocenters. The van der Waals surface area contributed by atoms with Gasteiger partial charge in [0.2, 0.25) is 5.91 Å². The Hall–Kier alpha value is -1.55. The first-order valence-electron chi connectivity index (χ1n) is 6.91. The summed E-state index contributed by atoms with van der Waals surface area (Å²) in [7, 11) is 1.66. The molecule has 4 nitrogen and oxygen atoms in total. The number of hydrogen-bond donors (Lipinski definition) is 2. The fraction of sp³-hybridized carbons (Fsp3) is 0.533. The molecule has 1 aliphatic heterocycles. The number of methoxy groups -OCH3 is 1. The number of benzene rings is 1. The highest BCUT2D eigenvalue weighted by molar-refractivity contribution is 5.76. The van der Waals surface area contributed by atoms with Crippen LogP contribution in [0.5, 0.6) is 5.75 Å². The predicted molar refractivity (Wildman–Crippen MR) is 75.3 cm³/mol. The van der Waals surface area contributed by atoms with Gasteiger partial charge in [-0.25, -0.2) is 0 Å². The summed E-state index contributed by atoms with van der Waals surface area (Å²) < 4.78 is 5.18. The van der Waals surface area contributed by atoms with Crippen molar-refractivity contribution in [1.29, 1.82) is 0 Å². The van der Waals surface area contributed by atoms with Crippen molar-refractivity contribution in [2.75, 3.05) is 20.2 Å². The molecule has 0 saturated carbocycles. The normalized spacial score (nSPS) is 18.3. The van der Waals surface area contributed by atoms with E-state index in [1.54, 1.807) is 7.11 Å². The first kappa shape index (κ1) is 13.9. The third-order valence-electron chi connectivity index (χ3n) is 3.46. The lowest BCUT2D eigenvalue weighted by Gasteiger charge is -2.10. The van der Waals surface area contributed by atoms with Gasteiger partial charge in [0.05, 0.1) is 7.11 Å². The molecule has 2 rings (SSSR count). The molecule has 0 bridgehead atoms. The van der Waals surface area contributed by atoms with Crippen LogP contribution in [0.4, 0.5) is 0 Å². The van der Waals surface area contributed by atoms with Crippen LogP contribution in [-0.4, -0.2) is 32.1 Å². The fourth-order valence-corrected chi connectivity index (χ4v) is 2.40. The van der Waals surface area contributed by atoms with Crippen LogP contribution >= 0.6 is 0 Å². The standard InChI is InChI=1S/C15H22N2O2/c1-19-14-6-2-4-12(10-14)7-9-17-15(18)11-13-5-3-8-16-13/h2,4,6,10,13,16H,3,5,7-9,11H2,1H3,(H,17,18). The van der Waals surface area contributed by atoms with Crippen LogP contribution in [0.25, 0.3) is 0 Å². The minimum atomic E-state index is 0.141. The minimum Gasteiger partial charge on any atom is -0.497 e. The van der Waals surface area contributed by atoms with Gasteiger partial charge in [-0.15, -0.1) is 0 Å². The van der Waals surface area contributed by atoms with E-state index < -0.39 is 0 Å². The minimum absolute atomic E-state index is 0.141. The van der Waals surface area contributed by atoms with Crippen molar-refractivity contribution >= 4 is 5.91 Å². The zero-order chi connectivity index (χ0) is 13.5. The van der Waals surface area contributed by atoms with Gasteiger partial charge in [0.25, 0.3) is 0 Å². The van der Waals surface area contributed by atoms with Crippen LogP contribution in [-0.2, 0) is 11.2 Å². The van der Waals surface area contributed by atoms with Crippen molar-refractivity contribution in [2.24, 2.45) is 0 Å². The summed E-state index contributed by atoms with van der Waals surface area (Å²) in [4.78, 5) is 11.7. The molecule has 1 heterocycles. The Bertz CT molecular complexity index is 414.